The third kappa shape index (κ3) is 1.25. The molecule has 2 bridgehead atoms. The first kappa shape index (κ1) is 9.55. The van der Waals surface area contributed by atoms with E-state index in [2.05, 4.69) is 34.6 Å². The van der Waals surface area contributed by atoms with Crippen molar-refractivity contribution >= 4 is 0 Å². The van der Waals surface area contributed by atoms with Gasteiger partial charge in [0, 0.05) is 0 Å². The molecule has 3 atom stereocenters. The van der Waals surface area contributed by atoms with Gasteiger partial charge >= 0.3 is 0 Å². The minimum absolute atomic E-state index is 0.535. The van der Waals surface area contributed by atoms with Crippen LogP contribution in [-0.2, 0) is 0 Å². The minimum Gasteiger partial charge on any atom is -0.0599 e. The van der Waals surface area contributed by atoms with Crippen LogP contribution in [0.1, 0.15) is 53.9 Å². The van der Waals surface area contributed by atoms with Crippen molar-refractivity contribution in [3.63, 3.8) is 0 Å². The molecule has 3 aliphatic rings. The molecule has 0 heterocycles. The molecule has 0 aromatic heterocycles. The number of hydrogen-bond donors (Lipinski definition) is 0. The molecule has 0 amide bonds. The Labute approximate surface area is 83.1 Å². The summed E-state index contributed by atoms with van der Waals surface area (Å²) in [4.78, 5) is 0. The van der Waals surface area contributed by atoms with Crippen LogP contribution in [0.2, 0.25) is 0 Å². The third-order valence-corrected chi connectivity index (χ3v) is 4.97. The Kier molecular flexibility index (Phi) is 1.85. The molecule has 0 heteroatoms. The van der Waals surface area contributed by atoms with Crippen LogP contribution >= 0.6 is 0 Å². The van der Waals surface area contributed by atoms with Crippen molar-refractivity contribution in [2.24, 2.45) is 28.6 Å². The largest absolute Gasteiger partial charge is 0.0599 e. The maximum Gasteiger partial charge on any atom is -0.0295 e. The fourth-order valence-corrected chi connectivity index (χ4v) is 3.85. The summed E-state index contributed by atoms with van der Waals surface area (Å²) in [7, 11) is 0. The van der Waals surface area contributed by atoms with Crippen LogP contribution in [0.3, 0.4) is 0 Å². The van der Waals surface area contributed by atoms with E-state index in [1.807, 2.05) is 0 Å². The number of rotatable bonds is 0. The molecule has 3 saturated carbocycles. The van der Waals surface area contributed by atoms with Crippen molar-refractivity contribution in [1.82, 2.24) is 0 Å². The van der Waals surface area contributed by atoms with Gasteiger partial charge in [-0.3, -0.25) is 0 Å². The zero-order valence-corrected chi connectivity index (χ0v) is 9.85. The Hall–Kier alpha value is 0. The number of fused-ring (bicyclic) bond motifs is 2. The van der Waals surface area contributed by atoms with E-state index < -0.39 is 0 Å². The van der Waals surface area contributed by atoms with Gasteiger partial charge in [-0.25, -0.2) is 0 Å². The average molecular weight is 180 g/mol. The second-order valence-electron chi connectivity index (χ2n) is 6.91. The van der Waals surface area contributed by atoms with Crippen molar-refractivity contribution in [2.75, 3.05) is 0 Å². The van der Waals surface area contributed by atoms with E-state index in [1.165, 1.54) is 19.3 Å². The van der Waals surface area contributed by atoms with E-state index in [0.29, 0.717) is 10.8 Å². The van der Waals surface area contributed by atoms with Gasteiger partial charge in [0.25, 0.3) is 0 Å². The zero-order valence-electron chi connectivity index (χ0n) is 9.85. The van der Waals surface area contributed by atoms with Crippen LogP contribution in [0.25, 0.3) is 0 Å². The highest BCUT2D eigenvalue weighted by Crippen LogP contribution is 2.64. The number of hydrogen-bond acceptors (Lipinski definition) is 0. The predicted molar refractivity (Wildman–Crippen MR) is 57.6 cm³/mol. The van der Waals surface area contributed by atoms with E-state index in [1.54, 1.807) is 0 Å². The summed E-state index contributed by atoms with van der Waals surface area (Å²) in [5.41, 5.74) is 1.20. The van der Waals surface area contributed by atoms with Gasteiger partial charge in [-0.2, -0.15) is 0 Å². The second-order valence-corrected chi connectivity index (χ2v) is 6.91. The van der Waals surface area contributed by atoms with Crippen molar-refractivity contribution in [3.05, 3.63) is 0 Å². The highest BCUT2D eigenvalue weighted by molar-refractivity contribution is 5.05. The molecule has 0 saturated heterocycles. The third-order valence-electron chi connectivity index (χ3n) is 4.97. The predicted octanol–water partition coefficient (Wildman–Crippen LogP) is 4.10. The Bertz CT molecular complexity index is 205. The lowest BCUT2D eigenvalue weighted by molar-refractivity contribution is -0.134. The molecule has 3 aliphatic carbocycles. The van der Waals surface area contributed by atoms with E-state index in [-0.39, 0.29) is 0 Å². The topological polar surface area (TPSA) is 0 Å². The SMILES string of the molecule is CC(C)(C)C1CC[C@H]2C[C@@H]1C2(C)C. The van der Waals surface area contributed by atoms with Gasteiger partial charge in [0.05, 0.1) is 0 Å². The molecule has 3 fully saturated rings. The van der Waals surface area contributed by atoms with Crippen molar-refractivity contribution in [1.29, 1.82) is 0 Å². The van der Waals surface area contributed by atoms with Crippen LogP contribution in [0.5, 0.6) is 0 Å². The molecule has 0 N–H and O–H groups in total. The van der Waals surface area contributed by atoms with Gasteiger partial charge in [-0.1, -0.05) is 34.6 Å². The molecular formula is C13H24. The van der Waals surface area contributed by atoms with E-state index in [4.69, 9.17) is 0 Å². The Balaban J connectivity index is 2.16. The molecule has 0 aliphatic heterocycles. The summed E-state index contributed by atoms with van der Waals surface area (Å²) in [6.07, 6.45) is 4.50. The lowest BCUT2D eigenvalue weighted by atomic mass is 9.42. The van der Waals surface area contributed by atoms with Crippen LogP contribution in [-0.4, -0.2) is 0 Å². The van der Waals surface area contributed by atoms with Gasteiger partial charge < -0.3 is 0 Å². The van der Waals surface area contributed by atoms with E-state index in [9.17, 15) is 0 Å². The summed E-state index contributed by atoms with van der Waals surface area (Å²) < 4.78 is 0. The lowest BCUT2D eigenvalue weighted by Crippen LogP contribution is -2.55. The molecule has 0 aromatic carbocycles. The highest BCUT2D eigenvalue weighted by atomic mass is 14.6. The van der Waals surface area contributed by atoms with Gasteiger partial charge in [0.2, 0.25) is 0 Å². The maximum atomic E-state index is 2.49. The molecule has 1 unspecified atom stereocenters. The molecule has 0 radical (unpaired) electrons. The summed E-state index contributed by atoms with van der Waals surface area (Å²) in [5.74, 6) is 3.05. The van der Waals surface area contributed by atoms with Gasteiger partial charge in [-0.15, -0.1) is 0 Å². The minimum atomic E-state index is 0.535. The second kappa shape index (κ2) is 2.52. The monoisotopic (exact) mass is 180 g/mol. The highest BCUT2D eigenvalue weighted by Gasteiger charge is 2.56. The fraction of sp³-hybridized carbons (Fsp3) is 1.00. The average Bonchev–Trinajstić information content (AvgIpc) is 2.02. The van der Waals surface area contributed by atoms with E-state index in [0.717, 1.165) is 17.8 Å². The zero-order chi connectivity index (χ0) is 9.85. The standard InChI is InChI=1S/C13H24/c1-12(2,3)10-7-6-9-8-11(10)13(9,4)5/h9-11H,6-8H2,1-5H3/t9-,10?,11-/m0/s1. The van der Waals surface area contributed by atoms with E-state index >= 15 is 0 Å². The molecule has 0 nitrogen and oxygen atoms in total. The van der Waals surface area contributed by atoms with Gasteiger partial charge in [0.1, 0.15) is 0 Å². The first-order valence-electron chi connectivity index (χ1n) is 5.83. The molecular weight excluding hydrogens is 156 g/mol. The van der Waals surface area contributed by atoms with Crippen LogP contribution in [0, 0.1) is 28.6 Å². The van der Waals surface area contributed by atoms with Crippen molar-refractivity contribution < 1.29 is 0 Å². The Morgan fingerprint density at radius 1 is 1.08 bits per heavy atom. The van der Waals surface area contributed by atoms with Crippen molar-refractivity contribution in [3.8, 4) is 0 Å². The normalized spacial score (nSPS) is 42.7. The maximum absolute atomic E-state index is 2.49. The molecule has 13 heavy (non-hydrogen) atoms. The summed E-state index contributed by atoms with van der Waals surface area (Å²) in [5, 5.41) is 0. The molecule has 3 rings (SSSR count). The smallest absolute Gasteiger partial charge is 0.0295 e. The van der Waals surface area contributed by atoms with Gasteiger partial charge in [-0.05, 0) is 47.8 Å². The van der Waals surface area contributed by atoms with Crippen LogP contribution in [0.4, 0.5) is 0 Å². The molecule has 0 spiro atoms. The summed E-state index contributed by atoms with van der Waals surface area (Å²) >= 11 is 0. The fourth-order valence-electron chi connectivity index (χ4n) is 3.85. The van der Waals surface area contributed by atoms with Crippen LogP contribution in [0.15, 0.2) is 0 Å². The summed E-state index contributed by atoms with van der Waals surface area (Å²) in [6.45, 7) is 12.2. The van der Waals surface area contributed by atoms with Gasteiger partial charge in [0.15, 0.2) is 0 Å². The Morgan fingerprint density at radius 2 is 1.69 bits per heavy atom. The van der Waals surface area contributed by atoms with Crippen molar-refractivity contribution in [2.45, 2.75) is 53.9 Å². The lowest BCUT2D eigenvalue weighted by Gasteiger charge is -2.62. The first-order valence-corrected chi connectivity index (χ1v) is 5.83. The Morgan fingerprint density at radius 3 is 2.00 bits per heavy atom. The van der Waals surface area contributed by atoms with Crippen LogP contribution < -0.4 is 0 Å². The quantitative estimate of drug-likeness (QED) is 0.526. The molecule has 76 valence electrons. The molecule has 0 aromatic rings. The first-order chi connectivity index (χ1) is 5.83. The summed E-state index contributed by atoms with van der Waals surface area (Å²) in [6, 6.07) is 0.